The quantitative estimate of drug-likeness (QED) is 0.725. The Bertz CT molecular complexity index is 314. The van der Waals surface area contributed by atoms with Crippen LogP contribution >= 0.6 is 0 Å². The number of hydrogen-bond acceptors (Lipinski definition) is 1. The largest absolute Gasteiger partial charge is 0.365 e. The molecule has 1 aromatic heterocycles. The van der Waals surface area contributed by atoms with Crippen molar-refractivity contribution in [1.82, 2.24) is 9.88 Å². The predicted molar refractivity (Wildman–Crippen MR) is 59.3 cm³/mol. The van der Waals surface area contributed by atoms with E-state index in [9.17, 15) is 0 Å². The number of H-pyrrole nitrogens is 1. The van der Waals surface area contributed by atoms with Crippen LogP contribution < -0.4 is 0 Å². The average molecular weight is 192 g/mol. The maximum absolute atomic E-state index is 3.35. The molecular formula is C12H20N2. The van der Waals surface area contributed by atoms with Crippen molar-refractivity contribution in [3.63, 3.8) is 0 Å². The summed E-state index contributed by atoms with van der Waals surface area (Å²) in [6.07, 6.45) is 3.22. The van der Waals surface area contributed by atoms with Gasteiger partial charge in [-0.1, -0.05) is 0 Å². The highest BCUT2D eigenvalue weighted by molar-refractivity contribution is 5.28. The molecule has 0 radical (unpaired) electrons. The van der Waals surface area contributed by atoms with Crippen molar-refractivity contribution in [2.24, 2.45) is 0 Å². The molecule has 0 amide bonds. The van der Waals surface area contributed by atoms with Crippen molar-refractivity contribution in [1.29, 1.82) is 0 Å². The first-order chi connectivity index (χ1) is 6.61. The lowest BCUT2D eigenvalue weighted by Gasteiger charge is -2.41. The third-order valence-corrected chi connectivity index (χ3v) is 3.37. The summed E-state index contributed by atoms with van der Waals surface area (Å²) >= 11 is 0. The molecule has 2 rings (SSSR count). The van der Waals surface area contributed by atoms with Crippen LogP contribution in [0.15, 0.2) is 12.3 Å². The second-order valence-corrected chi connectivity index (χ2v) is 4.68. The molecule has 1 aromatic rings. The first-order valence-electron chi connectivity index (χ1n) is 5.55. The number of aromatic amines is 1. The summed E-state index contributed by atoms with van der Waals surface area (Å²) in [6.45, 7) is 9.19. The van der Waals surface area contributed by atoms with Crippen LogP contribution in [0.1, 0.15) is 45.0 Å². The molecule has 78 valence electrons. The molecule has 0 spiro atoms. The molecule has 2 nitrogen and oxygen atoms in total. The van der Waals surface area contributed by atoms with E-state index in [0.29, 0.717) is 18.1 Å². The van der Waals surface area contributed by atoms with Crippen LogP contribution in [0.5, 0.6) is 0 Å². The highest BCUT2D eigenvalue weighted by atomic mass is 15.2. The molecule has 2 heteroatoms. The highest BCUT2D eigenvalue weighted by Gasteiger charge is 2.31. The van der Waals surface area contributed by atoms with Crippen molar-refractivity contribution in [3.05, 3.63) is 23.5 Å². The molecule has 0 bridgehead atoms. The number of aromatic nitrogens is 1. The third kappa shape index (κ3) is 1.38. The summed E-state index contributed by atoms with van der Waals surface area (Å²) in [7, 11) is 0. The molecule has 2 heterocycles. The third-order valence-electron chi connectivity index (χ3n) is 3.37. The monoisotopic (exact) mass is 192 g/mol. The van der Waals surface area contributed by atoms with Crippen molar-refractivity contribution in [2.45, 2.75) is 52.2 Å². The van der Waals surface area contributed by atoms with E-state index in [1.165, 1.54) is 11.3 Å². The summed E-state index contributed by atoms with van der Waals surface area (Å²) < 4.78 is 0. The van der Waals surface area contributed by atoms with Gasteiger partial charge < -0.3 is 4.98 Å². The zero-order chi connectivity index (χ0) is 10.3. The zero-order valence-corrected chi connectivity index (χ0v) is 9.54. The SMILES string of the molecule is CC(C)N1[C@H](C)Cc2[nH]ccc2[C@@H]1C. The molecule has 2 atom stereocenters. The molecule has 14 heavy (non-hydrogen) atoms. The van der Waals surface area contributed by atoms with Crippen LogP contribution in [0, 0.1) is 0 Å². The van der Waals surface area contributed by atoms with Crippen molar-refractivity contribution < 1.29 is 0 Å². The number of hydrogen-bond donors (Lipinski definition) is 1. The molecule has 0 aliphatic carbocycles. The van der Waals surface area contributed by atoms with Gasteiger partial charge in [-0.3, -0.25) is 4.90 Å². The minimum Gasteiger partial charge on any atom is -0.365 e. The van der Waals surface area contributed by atoms with E-state index in [4.69, 9.17) is 0 Å². The summed E-state index contributed by atoms with van der Waals surface area (Å²) in [6, 6.07) is 4.06. The smallest absolute Gasteiger partial charge is 0.0343 e. The number of nitrogens with one attached hydrogen (secondary N) is 1. The second-order valence-electron chi connectivity index (χ2n) is 4.68. The van der Waals surface area contributed by atoms with E-state index in [1.807, 2.05) is 0 Å². The van der Waals surface area contributed by atoms with Crippen LogP contribution in [-0.4, -0.2) is 22.0 Å². The second kappa shape index (κ2) is 3.43. The Morgan fingerprint density at radius 1 is 1.43 bits per heavy atom. The number of nitrogens with zero attached hydrogens (tertiary/aromatic N) is 1. The molecule has 0 saturated heterocycles. The Morgan fingerprint density at radius 2 is 2.14 bits per heavy atom. The van der Waals surface area contributed by atoms with Gasteiger partial charge >= 0.3 is 0 Å². The van der Waals surface area contributed by atoms with Gasteiger partial charge in [0, 0.05) is 36.4 Å². The lowest BCUT2D eigenvalue weighted by atomic mass is 9.94. The number of fused-ring (bicyclic) bond motifs is 1. The van der Waals surface area contributed by atoms with E-state index in [-0.39, 0.29) is 0 Å². The van der Waals surface area contributed by atoms with Crippen LogP contribution in [0.3, 0.4) is 0 Å². The zero-order valence-electron chi connectivity index (χ0n) is 9.54. The van der Waals surface area contributed by atoms with E-state index >= 15 is 0 Å². The van der Waals surface area contributed by atoms with Gasteiger partial charge in [-0.2, -0.15) is 0 Å². The van der Waals surface area contributed by atoms with Crippen molar-refractivity contribution in [3.8, 4) is 0 Å². The first-order valence-corrected chi connectivity index (χ1v) is 5.55. The van der Waals surface area contributed by atoms with Gasteiger partial charge in [0.1, 0.15) is 0 Å². The van der Waals surface area contributed by atoms with E-state index in [2.05, 4.69) is 49.8 Å². The fourth-order valence-corrected chi connectivity index (χ4v) is 2.88. The Labute approximate surface area is 86.3 Å². The van der Waals surface area contributed by atoms with E-state index in [1.54, 1.807) is 0 Å². The Hall–Kier alpha value is -0.760. The van der Waals surface area contributed by atoms with Gasteiger partial charge in [0.25, 0.3) is 0 Å². The van der Waals surface area contributed by atoms with Gasteiger partial charge in [-0.25, -0.2) is 0 Å². The van der Waals surface area contributed by atoms with E-state index in [0.717, 1.165) is 6.42 Å². The molecule has 0 saturated carbocycles. The van der Waals surface area contributed by atoms with Crippen LogP contribution in [-0.2, 0) is 6.42 Å². The average Bonchev–Trinajstić information content (AvgIpc) is 2.50. The summed E-state index contributed by atoms with van der Waals surface area (Å²) in [5, 5.41) is 0. The standard InChI is InChI=1S/C12H20N2/c1-8(2)14-9(3)7-12-11(10(14)4)5-6-13-12/h5-6,8-10,13H,7H2,1-4H3/t9-,10+/m1/s1. The molecule has 0 unspecified atom stereocenters. The van der Waals surface area contributed by atoms with Crippen LogP contribution in [0.4, 0.5) is 0 Å². The predicted octanol–water partition coefficient (Wildman–Crippen LogP) is 2.73. The van der Waals surface area contributed by atoms with Gasteiger partial charge in [0.2, 0.25) is 0 Å². The van der Waals surface area contributed by atoms with Crippen molar-refractivity contribution in [2.75, 3.05) is 0 Å². The summed E-state index contributed by atoms with van der Waals surface area (Å²) in [5.41, 5.74) is 2.92. The number of rotatable bonds is 1. The van der Waals surface area contributed by atoms with E-state index < -0.39 is 0 Å². The summed E-state index contributed by atoms with van der Waals surface area (Å²) in [4.78, 5) is 5.94. The minimum absolute atomic E-state index is 0.556. The molecule has 0 aromatic carbocycles. The lowest BCUT2D eigenvalue weighted by Crippen LogP contribution is -2.44. The van der Waals surface area contributed by atoms with Gasteiger partial charge in [-0.05, 0) is 39.3 Å². The molecule has 1 aliphatic rings. The Kier molecular flexibility index (Phi) is 2.40. The lowest BCUT2D eigenvalue weighted by molar-refractivity contribution is 0.0992. The topological polar surface area (TPSA) is 19.0 Å². The van der Waals surface area contributed by atoms with Gasteiger partial charge in [0.05, 0.1) is 0 Å². The fourth-order valence-electron chi connectivity index (χ4n) is 2.88. The molecular weight excluding hydrogens is 172 g/mol. The molecule has 1 aliphatic heterocycles. The maximum atomic E-state index is 3.35. The van der Waals surface area contributed by atoms with Gasteiger partial charge in [-0.15, -0.1) is 0 Å². The Balaban J connectivity index is 2.34. The molecule has 1 N–H and O–H groups in total. The first kappa shape index (κ1) is 9.78. The highest BCUT2D eigenvalue weighted by Crippen LogP contribution is 2.33. The summed E-state index contributed by atoms with van der Waals surface area (Å²) in [5.74, 6) is 0. The van der Waals surface area contributed by atoms with Crippen molar-refractivity contribution >= 4 is 0 Å². The normalized spacial score (nSPS) is 28.1. The van der Waals surface area contributed by atoms with Crippen LogP contribution in [0.2, 0.25) is 0 Å². The van der Waals surface area contributed by atoms with Crippen LogP contribution in [0.25, 0.3) is 0 Å². The fraction of sp³-hybridized carbons (Fsp3) is 0.667. The van der Waals surface area contributed by atoms with Gasteiger partial charge in [0.15, 0.2) is 0 Å². The molecule has 0 fully saturated rings. The minimum atomic E-state index is 0.556. The Morgan fingerprint density at radius 3 is 2.79 bits per heavy atom. The maximum Gasteiger partial charge on any atom is 0.0343 e.